The first-order valence-electron chi connectivity index (χ1n) is 12.1. The second-order valence-electron chi connectivity index (χ2n) is 8.52. The van der Waals surface area contributed by atoms with Crippen LogP contribution in [0.5, 0.6) is 17.2 Å². The molecular formula is C29H28N2O4S2. The van der Waals surface area contributed by atoms with E-state index in [9.17, 15) is 4.79 Å². The molecule has 0 aliphatic carbocycles. The normalized spacial score (nSPS) is 15.0. The smallest absolute Gasteiger partial charge is 0.306 e. The van der Waals surface area contributed by atoms with Crippen molar-refractivity contribution in [2.45, 2.75) is 30.1 Å². The highest BCUT2D eigenvalue weighted by Crippen LogP contribution is 2.37. The lowest BCUT2D eigenvalue weighted by atomic mass is 10.2. The summed E-state index contributed by atoms with van der Waals surface area (Å²) in [5, 5.41) is 1.93. The average molecular weight is 533 g/mol. The summed E-state index contributed by atoms with van der Waals surface area (Å²) in [5.74, 6) is 1.98. The van der Waals surface area contributed by atoms with Gasteiger partial charge in [-0.2, -0.15) is 0 Å². The molecule has 3 aromatic carbocycles. The number of rotatable bonds is 10. The largest absolute Gasteiger partial charge is 0.487 e. The summed E-state index contributed by atoms with van der Waals surface area (Å²) < 4.78 is 17.6. The fourth-order valence-electron chi connectivity index (χ4n) is 4.07. The van der Waals surface area contributed by atoms with Crippen molar-refractivity contribution < 1.29 is 19.0 Å². The van der Waals surface area contributed by atoms with Crippen LogP contribution >= 0.6 is 23.5 Å². The predicted molar refractivity (Wildman–Crippen MR) is 151 cm³/mol. The highest BCUT2D eigenvalue weighted by Gasteiger charge is 2.25. The molecule has 1 aliphatic rings. The minimum Gasteiger partial charge on any atom is -0.487 e. The lowest BCUT2D eigenvalue weighted by Gasteiger charge is -2.11. The van der Waals surface area contributed by atoms with Gasteiger partial charge in [0.15, 0.2) is 0 Å². The van der Waals surface area contributed by atoms with Gasteiger partial charge in [0, 0.05) is 21.6 Å². The quantitative estimate of drug-likeness (QED) is 0.174. The van der Waals surface area contributed by atoms with Crippen LogP contribution in [0.15, 0.2) is 82.7 Å². The number of nitrogens with zero attached hydrogens (tertiary/aromatic N) is 1. The summed E-state index contributed by atoms with van der Waals surface area (Å²) in [6, 6.07) is 24.1. The summed E-state index contributed by atoms with van der Waals surface area (Å²) >= 11 is 3.30. The van der Waals surface area contributed by atoms with E-state index in [0.717, 1.165) is 33.0 Å². The molecule has 5 rings (SSSR count). The standard InChI is InChI=1S/C29H28N2O4S2/c1-3-33-27(32)16-24-17-30-29(37-24)25-14-20-13-22(35-21-9-11-23(36-2)12-10-21)15-26(28(20)31-25)34-18-19-7-5-4-6-8-19/h4-15,24,31H,3,16-18H2,1-2H3. The van der Waals surface area contributed by atoms with Crippen molar-refractivity contribution >= 4 is 45.4 Å². The molecule has 0 fully saturated rings. The molecule has 0 saturated carbocycles. The Labute approximate surface area is 224 Å². The van der Waals surface area contributed by atoms with Crippen molar-refractivity contribution in [2.75, 3.05) is 19.4 Å². The van der Waals surface area contributed by atoms with Crippen molar-refractivity contribution in [1.29, 1.82) is 0 Å². The number of aromatic amines is 1. The summed E-state index contributed by atoms with van der Waals surface area (Å²) in [7, 11) is 0. The third-order valence-electron chi connectivity index (χ3n) is 5.84. The van der Waals surface area contributed by atoms with E-state index in [1.54, 1.807) is 23.5 Å². The van der Waals surface area contributed by atoms with E-state index in [1.165, 1.54) is 4.90 Å². The summed E-state index contributed by atoms with van der Waals surface area (Å²) in [5.41, 5.74) is 2.87. The van der Waals surface area contributed by atoms with Gasteiger partial charge in [0.1, 0.15) is 28.9 Å². The number of carbonyl (C=O) groups is 1. The lowest BCUT2D eigenvalue weighted by Crippen LogP contribution is -2.14. The molecule has 37 heavy (non-hydrogen) atoms. The Morgan fingerprint density at radius 2 is 1.89 bits per heavy atom. The number of nitrogens with one attached hydrogen (secondary N) is 1. The molecule has 1 aromatic heterocycles. The monoisotopic (exact) mass is 532 g/mol. The van der Waals surface area contributed by atoms with Gasteiger partial charge >= 0.3 is 5.97 Å². The van der Waals surface area contributed by atoms with Gasteiger partial charge in [-0.1, -0.05) is 42.1 Å². The van der Waals surface area contributed by atoms with E-state index < -0.39 is 0 Å². The van der Waals surface area contributed by atoms with Gasteiger partial charge in [0.25, 0.3) is 0 Å². The Balaban J connectivity index is 1.41. The Morgan fingerprint density at radius 1 is 1.08 bits per heavy atom. The minimum absolute atomic E-state index is 0.0809. The van der Waals surface area contributed by atoms with E-state index in [1.807, 2.05) is 73.7 Å². The summed E-state index contributed by atoms with van der Waals surface area (Å²) in [6.07, 6.45) is 2.40. The molecule has 1 N–H and O–H groups in total. The molecule has 0 radical (unpaired) electrons. The zero-order chi connectivity index (χ0) is 25.6. The number of hydrogen-bond donors (Lipinski definition) is 1. The maximum Gasteiger partial charge on any atom is 0.306 e. The van der Waals surface area contributed by atoms with Crippen molar-refractivity contribution in [2.24, 2.45) is 4.99 Å². The van der Waals surface area contributed by atoms with E-state index in [0.29, 0.717) is 37.7 Å². The first-order valence-corrected chi connectivity index (χ1v) is 14.2. The van der Waals surface area contributed by atoms with Crippen molar-refractivity contribution in [3.8, 4) is 17.2 Å². The first-order chi connectivity index (χ1) is 18.1. The third-order valence-corrected chi connectivity index (χ3v) is 7.81. The number of aromatic nitrogens is 1. The maximum atomic E-state index is 11.9. The minimum atomic E-state index is -0.183. The number of benzene rings is 3. The Kier molecular flexibility index (Phi) is 8.06. The van der Waals surface area contributed by atoms with E-state index in [4.69, 9.17) is 19.2 Å². The second kappa shape index (κ2) is 11.8. The Morgan fingerprint density at radius 3 is 2.65 bits per heavy atom. The van der Waals surface area contributed by atoms with Gasteiger partial charge in [-0.15, -0.1) is 11.8 Å². The highest BCUT2D eigenvalue weighted by atomic mass is 32.2. The average Bonchev–Trinajstić information content (AvgIpc) is 3.55. The van der Waals surface area contributed by atoms with Crippen molar-refractivity contribution in [1.82, 2.24) is 4.98 Å². The predicted octanol–water partition coefficient (Wildman–Crippen LogP) is 7.08. The highest BCUT2D eigenvalue weighted by molar-refractivity contribution is 8.15. The number of hydrogen-bond acceptors (Lipinski definition) is 7. The molecule has 4 aromatic rings. The molecule has 190 valence electrons. The molecule has 0 amide bonds. The third kappa shape index (κ3) is 6.32. The molecule has 0 saturated heterocycles. The van der Waals surface area contributed by atoms with Crippen LogP contribution in [0.2, 0.25) is 0 Å². The van der Waals surface area contributed by atoms with Crippen LogP contribution in [0, 0.1) is 0 Å². The number of carbonyl (C=O) groups excluding carboxylic acids is 1. The summed E-state index contributed by atoms with van der Waals surface area (Å²) in [6.45, 7) is 3.24. The fraction of sp³-hybridized carbons (Fsp3) is 0.241. The number of ether oxygens (including phenoxy) is 3. The molecule has 6 nitrogen and oxygen atoms in total. The molecule has 1 aliphatic heterocycles. The van der Waals surface area contributed by atoms with Crippen LogP contribution in [-0.2, 0) is 16.1 Å². The first kappa shape index (κ1) is 25.3. The number of aliphatic imine (C=N–C) groups is 1. The molecule has 0 spiro atoms. The number of fused-ring (bicyclic) bond motifs is 1. The fourth-order valence-corrected chi connectivity index (χ4v) is 5.54. The van der Waals surface area contributed by atoms with Crippen LogP contribution in [0.3, 0.4) is 0 Å². The molecule has 1 atom stereocenters. The number of thioether (sulfide) groups is 2. The van der Waals surface area contributed by atoms with Crippen LogP contribution in [0.4, 0.5) is 0 Å². The van der Waals surface area contributed by atoms with Gasteiger partial charge < -0.3 is 19.2 Å². The second-order valence-corrected chi connectivity index (χ2v) is 10.7. The van der Waals surface area contributed by atoms with Crippen LogP contribution in [0.25, 0.3) is 10.9 Å². The molecular weight excluding hydrogens is 504 g/mol. The van der Waals surface area contributed by atoms with Crippen LogP contribution < -0.4 is 9.47 Å². The zero-order valence-electron chi connectivity index (χ0n) is 20.7. The van der Waals surface area contributed by atoms with Crippen LogP contribution in [-0.4, -0.2) is 40.7 Å². The van der Waals surface area contributed by atoms with Gasteiger partial charge in [-0.25, -0.2) is 0 Å². The van der Waals surface area contributed by atoms with Crippen molar-refractivity contribution in [3.63, 3.8) is 0 Å². The Bertz CT molecular complexity index is 1400. The molecule has 8 heteroatoms. The van der Waals surface area contributed by atoms with E-state index in [2.05, 4.69) is 17.3 Å². The SMILES string of the molecule is CCOC(=O)CC1CN=C(c2cc3cc(Oc4ccc(SC)cc4)cc(OCc4ccccc4)c3[nH]2)S1. The van der Waals surface area contributed by atoms with E-state index >= 15 is 0 Å². The summed E-state index contributed by atoms with van der Waals surface area (Å²) in [4.78, 5) is 21.3. The van der Waals surface area contributed by atoms with Crippen molar-refractivity contribution in [3.05, 3.63) is 84.1 Å². The number of esters is 1. The van der Waals surface area contributed by atoms with Gasteiger partial charge in [-0.05, 0) is 55.1 Å². The molecule has 2 heterocycles. The molecule has 0 bridgehead atoms. The maximum absolute atomic E-state index is 11.9. The van der Waals surface area contributed by atoms with E-state index in [-0.39, 0.29) is 11.2 Å². The Hall–Kier alpha value is -3.36. The van der Waals surface area contributed by atoms with Crippen LogP contribution in [0.1, 0.15) is 24.6 Å². The lowest BCUT2D eigenvalue weighted by molar-refractivity contribution is -0.143. The number of H-pyrrole nitrogens is 1. The van der Waals surface area contributed by atoms with Gasteiger partial charge in [-0.3, -0.25) is 9.79 Å². The topological polar surface area (TPSA) is 72.9 Å². The molecule has 1 unspecified atom stereocenters. The van der Waals surface area contributed by atoms with Gasteiger partial charge in [0.05, 0.1) is 30.8 Å². The van der Waals surface area contributed by atoms with Gasteiger partial charge in [0.2, 0.25) is 0 Å². The zero-order valence-corrected chi connectivity index (χ0v) is 22.4.